The number of fused-ring (bicyclic) bond motifs is 1. The van der Waals surface area contributed by atoms with Crippen molar-refractivity contribution in [2.24, 2.45) is 10.5 Å². The molecule has 0 bridgehead atoms. The summed E-state index contributed by atoms with van der Waals surface area (Å²) < 4.78 is 68.7. The average Bonchev–Trinajstić information content (AvgIpc) is 3.30. The molecule has 0 radical (unpaired) electrons. The molecule has 3 aromatic carbocycles. The summed E-state index contributed by atoms with van der Waals surface area (Å²) in [5, 5.41) is 13.1. The maximum absolute atomic E-state index is 14.3. The van der Waals surface area contributed by atoms with E-state index in [2.05, 4.69) is 10.0 Å². The van der Waals surface area contributed by atoms with Gasteiger partial charge < -0.3 is 57.2 Å². The monoisotopic (exact) mass is 919 g/mol. The molecule has 0 spiro atoms. The summed E-state index contributed by atoms with van der Waals surface area (Å²) in [5.74, 6) is -3.65. The molecule has 1 N–H and O–H groups in total. The molecule has 3 aliphatic rings. The van der Waals surface area contributed by atoms with Crippen molar-refractivity contribution in [2.75, 3.05) is 19.8 Å². The van der Waals surface area contributed by atoms with Crippen LogP contribution in [0.2, 0.25) is 0 Å². The number of nitrogens with zero attached hydrogens (tertiary/aromatic N) is 3. The highest BCUT2D eigenvalue weighted by molar-refractivity contribution is 5.77. The maximum Gasteiger partial charge on any atom is 0.338 e. The summed E-state index contributed by atoms with van der Waals surface area (Å²) in [6.45, 7) is 7.57. The lowest BCUT2D eigenvalue weighted by molar-refractivity contribution is -0.374. The summed E-state index contributed by atoms with van der Waals surface area (Å²) >= 11 is 0. The Kier molecular flexibility index (Phi) is 18.0. The van der Waals surface area contributed by atoms with Gasteiger partial charge >= 0.3 is 23.9 Å². The van der Waals surface area contributed by atoms with E-state index in [-0.39, 0.29) is 26.2 Å². The molecular formula is C47H57N3O16. The van der Waals surface area contributed by atoms with Gasteiger partial charge in [0.2, 0.25) is 0 Å². The summed E-state index contributed by atoms with van der Waals surface area (Å²) in [4.78, 5) is 54.3. The standard InChI is InChI=1S/C47H57N3O16/c1-28(2)61-45-41(66-46(55)47(3,4)5)38(59-26-30-17-11-7-12-18-30)39(40(65-45)42(54)57-24-23-56-34(53)22-21-33(51)52)64-44-35(49-50-48)37(58-25-29-15-9-6-10-16-29)36-32(62-44)27-60-43(63-36)31-19-13-8-14-20-31/h6-20,28,32,35-41,43-45H,21-27H2,1-5H3,(H,51,52)/t32-,35-,36-,37-,38+,39+,40-,41-,43?,44-,45-/m1/s1. The van der Waals surface area contributed by atoms with E-state index in [9.17, 15) is 24.7 Å². The van der Waals surface area contributed by atoms with Gasteiger partial charge in [-0.05, 0) is 51.3 Å². The zero-order valence-corrected chi connectivity index (χ0v) is 37.5. The number of ether oxygens (including phenoxy) is 11. The molecule has 0 aromatic heterocycles. The van der Waals surface area contributed by atoms with Crippen LogP contribution in [0, 0.1) is 5.41 Å². The number of carbonyl (C=O) groups excluding carboxylic acids is 3. The van der Waals surface area contributed by atoms with Gasteiger partial charge in [0.1, 0.15) is 49.8 Å². The van der Waals surface area contributed by atoms with Gasteiger partial charge in [0.15, 0.2) is 31.1 Å². The number of azide groups is 1. The first-order valence-corrected chi connectivity index (χ1v) is 21.8. The van der Waals surface area contributed by atoms with Crippen LogP contribution in [0.5, 0.6) is 0 Å². The van der Waals surface area contributed by atoms with Crippen LogP contribution in [0.25, 0.3) is 10.4 Å². The lowest BCUT2D eigenvalue weighted by atomic mass is 9.93. The van der Waals surface area contributed by atoms with E-state index in [1.807, 2.05) is 91.0 Å². The van der Waals surface area contributed by atoms with Gasteiger partial charge in [-0.1, -0.05) is 96.1 Å². The molecule has 3 fully saturated rings. The minimum Gasteiger partial charge on any atom is -0.481 e. The van der Waals surface area contributed by atoms with Crippen LogP contribution in [0.15, 0.2) is 96.1 Å². The van der Waals surface area contributed by atoms with Crippen molar-refractivity contribution < 1.29 is 76.4 Å². The highest BCUT2D eigenvalue weighted by Crippen LogP contribution is 2.40. The smallest absolute Gasteiger partial charge is 0.338 e. The van der Waals surface area contributed by atoms with E-state index < -0.39 is 123 Å². The highest BCUT2D eigenvalue weighted by atomic mass is 16.8. The third-order valence-corrected chi connectivity index (χ3v) is 10.5. The minimum atomic E-state index is -1.71. The lowest BCUT2D eigenvalue weighted by Crippen LogP contribution is -2.67. The van der Waals surface area contributed by atoms with Crippen molar-refractivity contribution in [3.8, 4) is 0 Å². The third kappa shape index (κ3) is 13.8. The number of hydrogen-bond donors (Lipinski definition) is 1. The Balaban J connectivity index is 1.38. The Labute approximate surface area is 382 Å². The number of esters is 3. The fourth-order valence-corrected chi connectivity index (χ4v) is 7.32. The summed E-state index contributed by atoms with van der Waals surface area (Å²) in [6, 6.07) is 26.4. The molecule has 3 heterocycles. The fourth-order valence-electron chi connectivity index (χ4n) is 7.32. The van der Waals surface area contributed by atoms with Gasteiger partial charge in [-0.15, -0.1) is 0 Å². The van der Waals surface area contributed by atoms with Gasteiger partial charge in [-0.25, -0.2) is 4.79 Å². The Hall–Kier alpha value is -5.47. The molecule has 1 unspecified atom stereocenters. The second-order valence-corrected chi connectivity index (χ2v) is 17.0. The molecule has 0 aliphatic carbocycles. The zero-order valence-electron chi connectivity index (χ0n) is 37.5. The van der Waals surface area contributed by atoms with E-state index in [1.54, 1.807) is 34.6 Å². The Bertz CT molecular complexity index is 2080. The first kappa shape index (κ1) is 50.0. The van der Waals surface area contributed by atoms with Crippen molar-refractivity contribution in [3.05, 3.63) is 118 Å². The number of aliphatic carboxylic acids is 1. The molecule has 66 heavy (non-hydrogen) atoms. The normalized spacial score (nSPS) is 27.5. The van der Waals surface area contributed by atoms with Crippen molar-refractivity contribution in [3.63, 3.8) is 0 Å². The quantitative estimate of drug-likeness (QED) is 0.0335. The highest BCUT2D eigenvalue weighted by Gasteiger charge is 2.58. The molecule has 11 atom stereocenters. The molecule has 6 rings (SSSR count). The van der Waals surface area contributed by atoms with Crippen LogP contribution < -0.4 is 0 Å². The van der Waals surface area contributed by atoms with Gasteiger partial charge in [-0.3, -0.25) is 14.4 Å². The van der Waals surface area contributed by atoms with Gasteiger partial charge in [0.25, 0.3) is 0 Å². The van der Waals surface area contributed by atoms with Gasteiger partial charge in [0.05, 0.1) is 44.2 Å². The second-order valence-electron chi connectivity index (χ2n) is 17.0. The molecule has 3 aromatic rings. The predicted octanol–water partition coefficient (Wildman–Crippen LogP) is 6.12. The van der Waals surface area contributed by atoms with Gasteiger partial charge in [-0.2, -0.15) is 0 Å². The zero-order chi connectivity index (χ0) is 47.2. The number of benzene rings is 3. The second kappa shape index (κ2) is 23.8. The summed E-state index contributed by atoms with van der Waals surface area (Å²) in [6.07, 6.45) is -13.9. The van der Waals surface area contributed by atoms with Crippen LogP contribution in [-0.2, 0) is 84.5 Å². The molecule has 356 valence electrons. The number of rotatable bonds is 20. The Morgan fingerprint density at radius 2 is 1.38 bits per heavy atom. The van der Waals surface area contributed by atoms with E-state index in [4.69, 9.17) is 57.2 Å². The third-order valence-electron chi connectivity index (χ3n) is 10.5. The average molecular weight is 920 g/mol. The molecule has 3 saturated heterocycles. The van der Waals surface area contributed by atoms with Gasteiger partial charge in [0, 0.05) is 10.5 Å². The molecular weight excluding hydrogens is 863 g/mol. The van der Waals surface area contributed by atoms with E-state index >= 15 is 0 Å². The lowest BCUT2D eigenvalue weighted by Gasteiger charge is -2.50. The Morgan fingerprint density at radius 1 is 0.773 bits per heavy atom. The molecule has 19 heteroatoms. The van der Waals surface area contributed by atoms with Crippen molar-refractivity contribution >= 4 is 23.9 Å². The molecule has 0 saturated carbocycles. The Morgan fingerprint density at radius 3 is 1.97 bits per heavy atom. The van der Waals surface area contributed by atoms with Crippen LogP contribution >= 0.6 is 0 Å². The first-order chi connectivity index (χ1) is 31.7. The van der Waals surface area contributed by atoms with Crippen LogP contribution in [0.3, 0.4) is 0 Å². The molecule has 3 aliphatic heterocycles. The summed E-state index contributed by atoms with van der Waals surface area (Å²) in [5.41, 5.74) is 11.3. The maximum atomic E-state index is 14.3. The number of hydrogen-bond acceptors (Lipinski definition) is 16. The minimum absolute atomic E-state index is 0.0137. The number of carbonyl (C=O) groups is 4. The van der Waals surface area contributed by atoms with Crippen molar-refractivity contribution in [1.29, 1.82) is 0 Å². The predicted molar refractivity (Wildman–Crippen MR) is 230 cm³/mol. The molecule has 0 amide bonds. The largest absolute Gasteiger partial charge is 0.481 e. The number of carboxylic acids is 1. The van der Waals surface area contributed by atoms with E-state index in [1.165, 1.54) is 0 Å². The van der Waals surface area contributed by atoms with E-state index in [0.717, 1.165) is 16.7 Å². The van der Waals surface area contributed by atoms with E-state index in [0.29, 0.717) is 0 Å². The van der Waals surface area contributed by atoms with Crippen molar-refractivity contribution in [2.45, 2.75) is 134 Å². The first-order valence-electron chi connectivity index (χ1n) is 21.8. The number of carboxylic acid groups (broad SMARTS) is 1. The van der Waals surface area contributed by atoms with Crippen molar-refractivity contribution in [1.82, 2.24) is 0 Å². The topological polar surface area (TPSA) is 239 Å². The molecule has 19 nitrogen and oxygen atoms in total. The fraction of sp³-hybridized carbons (Fsp3) is 0.532. The van der Waals surface area contributed by atoms with Crippen LogP contribution in [0.1, 0.15) is 70.4 Å². The SMILES string of the molecule is CC(C)O[C@@H]1O[C@@H](C(=O)OCCOC(=O)CCC(=O)O)[C@@H](O[C@H]2O[C@@H]3COC(c4ccccc4)O[C@H]3[C@H](OCc3ccccc3)[C@H]2N=[N+]=[N-])[C@H](OCc2ccccc2)[C@H]1OC(=O)C(C)(C)C. The van der Waals surface area contributed by atoms with Crippen LogP contribution in [-0.4, -0.2) is 116 Å². The summed E-state index contributed by atoms with van der Waals surface area (Å²) in [7, 11) is 0. The van der Waals surface area contributed by atoms with Crippen LogP contribution in [0.4, 0.5) is 0 Å².